The lowest BCUT2D eigenvalue weighted by Crippen LogP contribution is -2.41. The smallest absolute Gasteiger partial charge is 0.480 e. The lowest BCUT2D eigenvalue weighted by Gasteiger charge is -2.23. The Morgan fingerprint density at radius 2 is 1.62 bits per heavy atom. The normalized spacial score (nSPS) is 14.9. The highest BCUT2D eigenvalue weighted by atomic mass is 19.4. The van der Waals surface area contributed by atoms with Gasteiger partial charge in [0, 0.05) is 12.2 Å². The molecule has 1 aromatic rings. The number of amides is 1. The van der Waals surface area contributed by atoms with Crippen molar-refractivity contribution in [3.63, 3.8) is 0 Å². The van der Waals surface area contributed by atoms with Crippen LogP contribution in [-0.2, 0) is 20.9 Å². The third kappa shape index (κ3) is 6.90. The van der Waals surface area contributed by atoms with E-state index in [1.807, 2.05) is 38.1 Å². The molecule has 0 spiro atoms. The van der Waals surface area contributed by atoms with E-state index < -0.39 is 29.4 Å². The van der Waals surface area contributed by atoms with Gasteiger partial charge in [-0.15, -0.1) is 0 Å². The van der Waals surface area contributed by atoms with E-state index in [0.29, 0.717) is 5.69 Å². The van der Waals surface area contributed by atoms with Crippen molar-refractivity contribution >= 4 is 23.5 Å². The Hall–Kier alpha value is -2.88. The molecule has 29 heavy (non-hydrogen) atoms. The molecule has 0 aliphatic heterocycles. The predicted molar refractivity (Wildman–Crippen MR) is 99.3 cm³/mol. The molecule has 0 aromatic heterocycles. The van der Waals surface area contributed by atoms with Crippen LogP contribution in [0.25, 0.3) is 0 Å². The molecule has 1 aliphatic carbocycles. The largest absolute Gasteiger partial charge is 0.490 e. The summed E-state index contributed by atoms with van der Waals surface area (Å²) < 4.78 is 31.7. The van der Waals surface area contributed by atoms with E-state index in [4.69, 9.17) is 9.90 Å². The van der Waals surface area contributed by atoms with Gasteiger partial charge in [-0.3, -0.25) is 9.59 Å². The van der Waals surface area contributed by atoms with Crippen LogP contribution in [0.1, 0.15) is 24.0 Å². The molecule has 10 heteroatoms. The number of hydrogen-bond acceptors (Lipinski definition) is 4. The van der Waals surface area contributed by atoms with E-state index >= 15 is 0 Å². The number of anilines is 1. The Labute approximate surface area is 165 Å². The van der Waals surface area contributed by atoms with E-state index in [2.05, 4.69) is 11.4 Å². The van der Waals surface area contributed by atoms with Crippen molar-refractivity contribution in [1.29, 1.82) is 0 Å². The van der Waals surface area contributed by atoms with Gasteiger partial charge in [0.2, 0.25) is 5.91 Å². The fourth-order valence-corrected chi connectivity index (χ4v) is 2.75. The number of aliphatic carboxylic acids is 2. The number of aryl methyl sites for hydroxylation is 1. The number of nitrogens with one attached hydrogen (secondary N) is 1. The summed E-state index contributed by atoms with van der Waals surface area (Å²) in [5.41, 5.74) is 1.39. The summed E-state index contributed by atoms with van der Waals surface area (Å²) in [6.45, 7) is 2.72. The number of hydrogen-bond donors (Lipinski definition) is 3. The number of benzene rings is 1. The van der Waals surface area contributed by atoms with E-state index in [1.54, 1.807) is 12.2 Å². The van der Waals surface area contributed by atoms with Gasteiger partial charge in [-0.2, -0.15) is 13.2 Å². The van der Waals surface area contributed by atoms with Crippen LogP contribution < -0.4 is 5.32 Å². The molecule has 0 heterocycles. The number of nitrogens with zero attached hydrogens (tertiary/aromatic N) is 1. The maximum absolute atomic E-state index is 12.5. The molecule has 160 valence electrons. The quantitative estimate of drug-likeness (QED) is 0.503. The lowest BCUT2D eigenvalue weighted by atomic mass is 9.84. The number of carboxylic acids is 2. The molecule has 0 fully saturated rings. The fourth-order valence-electron chi connectivity index (χ4n) is 2.75. The summed E-state index contributed by atoms with van der Waals surface area (Å²) in [4.78, 5) is 34.9. The van der Waals surface area contributed by atoms with Crippen LogP contribution in [0.3, 0.4) is 0 Å². The Morgan fingerprint density at radius 1 is 1.10 bits per heavy atom. The van der Waals surface area contributed by atoms with Gasteiger partial charge in [-0.05, 0) is 57.1 Å². The average Bonchev–Trinajstić information content (AvgIpc) is 3.04. The van der Waals surface area contributed by atoms with E-state index in [0.717, 1.165) is 17.7 Å². The maximum atomic E-state index is 12.5. The number of halogens is 3. The number of carbonyl (C=O) groups is 3. The number of allylic oxidation sites excluding steroid dienone is 2. The van der Waals surface area contributed by atoms with Crippen molar-refractivity contribution in [2.45, 2.75) is 32.5 Å². The first-order valence-electron chi connectivity index (χ1n) is 8.53. The highest BCUT2D eigenvalue weighted by molar-refractivity contribution is 6.09. The van der Waals surface area contributed by atoms with Gasteiger partial charge in [0.25, 0.3) is 0 Å². The van der Waals surface area contributed by atoms with Crippen molar-refractivity contribution in [3.8, 4) is 0 Å². The minimum absolute atomic E-state index is 0.241. The summed E-state index contributed by atoms with van der Waals surface area (Å²) in [7, 11) is 3.95. The first-order valence-corrected chi connectivity index (χ1v) is 8.53. The van der Waals surface area contributed by atoms with Gasteiger partial charge in [0.05, 0.1) is 0 Å². The second-order valence-corrected chi connectivity index (χ2v) is 6.97. The molecular weight excluding hydrogens is 393 g/mol. The SMILES string of the molecule is Cc1cc(CN(C)C)cc(NC(=O)C2(C(=O)O)CC=CC2)c1.O=C(O)C(F)(F)F. The van der Waals surface area contributed by atoms with E-state index in [-0.39, 0.29) is 12.8 Å². The van der Waals surface area contributed by atoms with Gasteiger partial charge in [0.1, 0.15) is 0 Å². The number of rotatable bonds is 5. The first kappa shape index (κ1) is 24.2. The summed E-state index contributed by atoms with van der Waals surface area (Å²) in [5, 5.41) is 19.3. The summed E-state index contributed by atoms with van der Waals surface area (Å²) in [6.07, 6.45) is -1.10. The van der Waals surface area contributed by atoms with Crippen LogP contribution in [0.5, 0.6) is 0 Å². The van der Waals surface area contributed by atoms with Crippen molar-refractivity contribution < 1.29 is 37.8 Å². The summed E-state index contributed by atoms with van der Waals surface area (Å²) in [5.74, 6) is -4.28. The molecule has 3 N–H and O–H groups in total. The van der Waals surface area contributed by atoms with Crippen molar-refractivity contribution in [1.82, 2.24) is 4.90 Å². The standard InChI is InChI=1S/C17H22N2O3.C2HF3O2/c1-12-8-13(11-19(2)3)10-14(9-12)18-15(20)17(16(21)22)6-4-5-7-17;3-2(4,5)1(6)7/h4-5,8-10H,6-7,11H2,1-3H3,(H,18,20)(H,21,22);(H,6,7). The van der Waals surface area contributed by atoms with Crippen LogP contribution >= 0.6 is 0 Å². The molecule has 1 aromatic carbocycles. The molecule has 0 unspecified atom stereocenters. The zero-order valence-electron chi connectivity index (χ0n) is 16.2. The Kier molecular flexibility index (Phi) is 7.96. The molecule has 0 saturated heterocycles. The fraction of sp³-hybridized carbons (Fsp3) is 0.421. The topological polar surface area (TPSA) is 107 Å². The molecule has 0 saturated carbocycles. The molecule has 1 aliphatic rings. The highest BCUT2D eigenvalue weighted by Gasteiger charge is 2.46. The second kappa shape index (κ2) is 9.55. The molecule has 7 nitrogen and oxygen atoms in total. The van der Waals surface area contributed by atoms with Crippen LogP contribution in [0.2, 0.25) is 0 Å². The molecule has 0 radical (unpaired) electrons. The van der Waals surface area contributed by atoms with Crippen molar-refractivity contribution in [2.24, 2.45) is 5.41 Å². The minimum atomic E-state index is -5.08. The predicted octanol–water partition coefficient (Wildman–Crippen LogP) is 3.05. The minimum Gasteiger partial charge on any atom is -0.480 e. The lowest BCUT2D eigenvalue weighted by molar-refractivity contribution is -0.192. The highest BCUT2D eigenvalue weighted by Crippen LogP contribution is 2.35. The Morgan fingerprint density at radius 3 is 2.03 bits per heavy atom. The first-order chi connectivity index (χ1) is 13.3. The number of alkyl halides is 3. The van der Waals surface area contributed by atoms with Crippen molar-refractivity contribution in [3.05, 3.63) is 41.5 Å². The monoisotopic (exact) mass is 416 g/mol. The summed E-state index contributed by atoms with van der Waals surface area (Å²) >= 11 is 0. The number of carbonyl (C=O) groups excluding carboxylic acids is 1. The second-order valence-electron chi connectivity index (χ2n) is 6.97. The summed E-state index contributed by atoms with van der Waals surface area (Å²) in [6, 6.07) is 5.80. The molecular formula is C19H23F3N2O5. The Bertz CT molecular complexity index is 796. The third-order valence-electron chi connectivity index (χ3n) is 4.08. The van der Waals surface area contributed by atoms with Gasteiger partial charge in [-0.25, -0.2) is 4.79 Å². The number of carboxylic acid groups (broad SMARTS) is 2. The van der Waals surface area contributed by atoms with Crippen LogP contribution in [0, 0.1) is 12.3 Å². The van der Waals surface area contributed by atoms with Gasteiger partial charge in [0.15, 0.2) is 5.41 Å². The van der Waals surface area contributed by atoms with Crippen LogP contribution in [0.4, 0.5) is 18.9 Å². The average molecular weight is 416 g/mol. The van der Waals surface area contributed by atoms with Crippen LogP contribution in [-0.4, -0.2) is 53.2 Å². The van der Waals surface area contributed by atoms with Gasteiger partial charge >= 0.3 is 18.1 Å². The van der Waals surface area contributed by atoms with Crippen molar-refractivity contribution in [2.75, 3.05) is 19.4 Å². The maximum Gasteiger partial charge on any atom is 0.490 e. The molecule has 0 atom stereocenters. The zero-order valence-corrected chi connectivity index (χ0v) is 16.2. The molecule has 0 bridgehead atoms. The molecule has 1 amide bonds. The van der Waals surface area contributed by atoms with E-state index in [9.17, 15) is 27.9 Å². The van der Waals surface area contributed by atoms with Gasteiger partial charge < -0.3 is 20.4 Å². The van der Waals surface area contributed by atoms with E-state index in [1.165, 1.54) is 0 Å². The molecule has 2 rings (SSSR count). The van der Waals surface area contributed by atoms with Crippen LogP contribution in [0.15, 0.2) is 30.4 Å². The third-order valence-corrected chi connectivity index (χ3v) is 4.08. The van der Waals surface area contributed by atoms with Gasteiger partial charge in [-0.1, -0.05) is 18.2 Å². The zero-order chi connectivity index (χ0) is 22.4. The Balaban J connectivity index is 0.000000516.